The summed E-state index contributed by atoms with van der Waals surface area (Å²) in [5, 5.41) is 20.8. The van der Waals surface area contributed by atoms with E-state index in [-0.39, 0.29) is 17.8 Å². The van der Waals surface area contributed by atoms with Crippen LogP contribution in [0.5, 0.6) is 0 Å². The Morgan fingerprint density at radius 1 is 1.55 bits per heavy atom. The molecule has 1 aromatic carbocycles. The molecule has 0 saturated heterocycles. The standard InChI is InChI=1S/C15H14N2O5/c1-3-7-16-13(12(9(2)18)14(19)15(16)20)10-5-4-6-11(8-10)17(21)22/h3-6,8,13,19H,1,7H2,2H3/t13-/m1/s1. The number of nitrogens with zero attached hydrogens (tertiary/aromatic N) is 2. The molecule has 2 rings (SSSR count). The van der Waals surface area contributed by atoms with Gasteiger partial charge in [-0.05, 0) is 12.5 Å². The monoisotopic (exact) mass is 302 g/mol. The lowest BCUT2D eigenvalue weighted by Gasteiger charge is -2.25. The molecule has 0 saturated carbocycles. The summed E-state index contributed by atoms with van der Waals surface area (Å²) < 4.78 is 0. The lowest BCUT2D eigenvalue weighted by molar-refractivity contribution is -0.384. The van der Waals surface area contributed by atoms with Crippen LogP contribution in [0.2, 0.25) is 0 Å². The minimum Gasteiger partial charge on any atom is -0.503 e. The first-order valence-corrected chi connectivity index (χ1v) is 6.48. The van der Waals surface area contributed by atoms with Crippen molar-refractivity contribution < 1.29 is 19.6 Å². The number of carbonyl (C=O) groups is 2. The average molecular weight is 302 g/mol. The van der Waals surface area contributed by atoms with Gasteiger partial charge in [0.05, 0.1) is 16.5 Å². The Labute approximate surface area is 126 Å². The van der Waals surface area contributed by atoms with Gasteiger partial charge in [-0.3, -0.25) is 19.7 Å². The minimum absolute atomic E-state index is 0.0626. The fourth-order valence-corrected chi connectivity index (χ4v) is 2.50. The van der Waals surface area contributed by atoms with Crippen LogP contribution in [0, 0.1) is 10.1 Å². The second-order valence-electron chi connectivity index (χ2n) is 4.82. The molecular formula is C15H14N2O5. The van der Waals surface area contributed by atoms with Crippen molar-refractivity contribution in [2.45, 2.75) is 13.0 Å². The van der Waals surface area contributed by atoms with Gasteiger partial charge >= 0.3 is 0 Å². The maximum absolute atomic E-state index is 12.1. The van der Waals surface area contributed by atoms with Crippen LogP contribution in [-0.4, -0.2) is 33.2 Å². The number of nitro groups is 1. The van der Waals surface area contributed by atoms with Crippen molar-refractivity contribution in [2.24, 2.45) is 0 Å². The van der Waals surface area contributed by atoms with Crippen molar-refractivity contribution in [2.75, 3.05) is 6.54 Å². The first-order valence-electron chi connectivity index (χ1n) is 6.48. The van der Waals surface area contributed by atoms with Gasteiger partial charge in [0.2, 0.25) is 0 Å². The quantitative estimate of drug-likeness (QED) is 0.509. The van der Waals surface area contributed by atoms with E-state index in [9.17, 15) is 24.8 Å². The molecule has 0 unspecified atom stereocenters. The minimum atomic E-state index is -0.858. The predicted molar refractivity (Wildman–Crippen MR) is 78.1 cm³/mol. The van der Waals surface area contributed by atoms with Crippen molar-refractivity contribution in [1.82, 2.24) is 4.90 Å². The summed E-state index contributed by atoms with van der Waals surface area (Å²) in [6.45, 7) is 4.88. The Morgan fingerprint density at radius 2 is 2.23 bits per heavy atom. The van der Waals surface area contributed by atoms with Gasteiger partial charge in [0, 0.05) is 18.7 Å². The highest BCUT2D eigenvalue weighted by Gasteiger charge is 2.42. The number of carbonyl (C=O) groups excluding carboxylic acids is 2. The number of nitro benzene ring substituents is 1. The fourth-order valence-electron chi connectivity index (χ4n) is 2.50. The highest BCUT2D eigenvalue weighted by atomic mass is 16.6. The van der Waals surface area contributed by atoms with Gasteiger partial charge in [0.25, 0.3) is 11.6 Å². The Morgan fingerprint density at radius 3 is 2.77 bits per heavy atom. The maximum atomic E-state index is 12.1. The Hall–Kier alpha value is -2.96. The topological polar surface area (TPSA) is 101 Å². The van der Waals surface area contributed by atoms with Gasteiger partial charge in [-0.1, -0.05) is 18.2 Å². The Kier molecular flexibility index (Phi) is 4.07. The molecule has 0 bridgehead atoms. The molecule has 0 aliphatic carbocycles. The van der Waals surface area contributed by atoms with Gasteiger partial charge in [0.15, 0.2) is 11.5 Å². The molecular weight excluding hydrogens is 288 g/mol. The fraction of sp³-hybridized carbons (Fsp3) is 0.200. The second kappa shape index (κ2) is 5.80. The molecule has 22 heavy (non-hydrogen) atoms. The summed E-state index contributed by atoms with van der Waals surface area (Å²) >= 11 is 0. The molecule has 1 amide bonds. The van der Waals surface area contributed by atoms with Crippen LogP contribution < -0.4 is 0 Å². The third-order valence-corrected chi connectivity index (χ3v) is 3.41. The number of hydrogen-bond acceptors (Lipinski definition) is 5. The molecule has 0 aromatic heterocycles. The van der Waals surface area contributed by atoms with Crippen molar-refractivity contribution in [1.29, 1.82) is 0 Å². The summed E-state index contributed by atoms with van der Waals surface area (Å²) in [5.41, 5.74) is 0.170. The molecule has 0 fully saturated rings. The molecule has 1 atom stereocenters. The third kappa shape index (κ3) is 2.48. The molecule has 1 heterocycles. The van der Waals surface area contributed by atoms with E-state index in [4.69, 9.17) is 0 Å². The third-order valence-electron chi connectivity index (χ3n) is 3.41. The number of benzene rings is 1. The van der Waals surface area contributed by atoms with E-state index in [2.05, 4.69) is 6.58 Å². The Balaban J connectivity index is 2.59. The average Bonchev–Trinajstić information content (AvgIpc) is 2.72. The zero-order valence-electron chi connectivity index (χ0n) is 11.9. The first kappa shape index (κ1) is 15.4. The molecule has 0 radical (unpaired) electrons. The molecule has 7 nitrogen and oxygen atoms in total. The van der Waals surface area contributed by atoms with Gasteiger partial charge in [-0.2, -0.15) is 0 Å². The van der Waals surface area contributed by atoms with Crippen LogP contribution in [0.25, 0.3) is 0 Å². The van der Waals surface area contributed by atoms with Crippen molar-refractivity contribution >= 4 is 17.4 Å². The summed E-state index contributed by atoms with van der Waals surface area (Å²) in [5.74, 6) is -1.78. The van der Waals surface area contributed by atoms with E-state index in [0.29, 0.717) is 5.56 Å². The summed E-state index contributed by atoms with van der Waals surface area (Å²) in [6.07, 6.45) is 1.46. The molecule has 7 heteroatoms. The molecule has 1 aliphatic rings. The summed E-state index contributed by atoms with van der Waals surface area (Å²) in [6, 6.07) is 4.78. The van der Waals surface area contributed by atoms with Crippen molar-refractivity contribution in [3.8, 4) is 0 Å². The number of non-ortho nitro benzene ring substituents is 1. The van der Waals surface area contributed by atoms with Crippen LogP contribution >= 0.6 is 0 Å². The largest absolute Gasteiger partial charge is 0.503 e. The number of aliphatic hydroxyl groups is 1. The number of Topliss-reactive ketones (excluding diaryl/α,β-unsaturated/α-hetero) is 1. The normalized spacial score (nSPS) is 17.8. The van der Waals surface area contributed by atoms with Crippen LogP contribution in [0.1, 0.15) is 18.5 Å². The molecule has 114 valence electrons. The van der Waals surface area contributed by atoms with Gasteiger partial charge in [-0.15, -0.1) is 6.58 Å². The number of aliphatic hydroxyl groups excluding tert-OH is 1. The number of ketones is 1. The van der Waals surface area contributed by atoms with E-state index in [0.717, 1.165) is 0 Å². The van der Waals surface area contributed by atoms with E-state index < -0.39 is 28.4 Å². The van der Waals surface area contributed by atoms with Crippen LogP contribution in [0.15, 0.2) is 48.3 Å². The van der Waals surface area contributed by atoms with Crippen LogP contribution in [-0.2, 0) is 9.59 Å². The van der Waals surface area contributed by atoms with Crippen LogP contribution in [0.4, 0.5) is 5.69 Å². The predicted octanol–water partition coefficient (Wildman–Crippen LogP) is 2.07. The summed E-state index contributed by atoms with van der Waals surface area (Å²) in [4.78, 5) is 35.5. The molecule has 1 N–H and O–H groups in total. The second-order valence-corrected chi connectivity index (χ2v) is 4.82. The maximum Gasteiger partial charge on any atom is 0.290 e. The van der Waals surface area contributed by atoms with E-state index >= 15 is 0 Å². The first-order chi connectivity index (χ1) is 10.4. The van der Waals surface area contributed by atoms with Gasteiger partial charge < -0.3 is 10.0 Å². The van der Waals surface area contributed by atoms with E-state index in [1.165, 1.54) is 36.1 Å². The zero-order chi connectivity index (χ0) is 16.4. The Bertz CT molecular complexity index is 708. The summed E-state index contributed by atoms with van der Waals surface area (Å²) in [7, 11) is 0. The molecule has 1 aromatic rings. The smallest absolute Gasteiger partial charge is 0.290 e. The zero-order valence-corrected chi connectivity index (χ0v) is 11.9. The number of hydrogen-bond donors (Lipinski definition) is 1. The van der Waals surface area contributed by atoms with E-state index in [1.54, 1.807) is 6.07 Å². The number of rotatable bonds is 5. The molecule has 0 spiro atoms. The lowest BCUT2D eigenvalue weighted by Crippen LogP contribution is -2.31. The van der Waals surface area contributed by atoms with E-state index in [1.807, 2.05) is 0 Å². The van der Waals surface area contributed by atoms with Crippen molar-refractivity contribution in [3.05, 3.63) is 63.9 Å². The highest BCUT2D eigenvalue weighted by Crippen LogP contribution is 2.38. The van der Waals surface area contributed by atoms with Gasteiger partial charge in [-0.25, -0.2) is 0 Å². The lowest BCUT2D eigenvalue weighted by atomic mass is 9.96. The van der Waals surface area contributed by atoms with Crippen LogP contribution in [0.3, 0.4) is 0 Å². The molecule has 1 aliphatic heterocycles. The highest BCUT2D eigenvalue weighted by molar-refractivity contribution is 6.08. The SMILES string of the molecule is C=CCN1C(=O)C(O)=C(C(C)=O)[C@H]1c1cccc([N+](=O)[O-])c1. The number of amides is 1. The van der Waals surface area contributed by atoms with Crippen molar-refractivity contribution in [3.63, 3.8) is 0 Å². The van der Waals surface area contributed by atoms with Gasteiger partial charge in [0.1, 0.15) is 0 Å².